The SMILES string of the molecule is NC(c1cnc2ccccc2c1)c1cc(Br)sc1Br. The summed E-state index contributed by atoms with van der Waals surface area (Å²) in [6, 6.07) is 12.0. The van der Waals surface area contributed by atoms with E-state index in [2.05, 4.69) is 55.0 Å². The van der Waals surface area contributed by atoms with Crippen LogP contribution in [0.5, 0.6) is 0 Å². The van der Waals surface area contributed by atoms with Gasteiger partial charge in [0.25, 0.3) is 0 Å². The summed E-state index contributed by atoms with van der Waals surface area (Å²) in [6.45, 7) is 0. The third-order valence-corrected chi connectivity index (χ3v) is 5.37. The Hall–Kier alpha value is -0.750. The number of hydrogen-bond donors (Lipinski definition) is 1. The molecule has 2 aromatic heterocycles. The molecule has 3 aromatic rings. The van der Waals surface area contributed by atoms with Gasteiger partial charge in [0, 0.05) is 11.6 Å². The number of benzene rings is 1. The van der Waals surface area contributed by atoms with Crippen molar-refractivity contribution in [2.75, 3.05) is 0 Å². The van der Waals surface area contributed by atoms with E-state index in [4.69, 9.17) is 5.73 Å². The quantitative estimate of drug-likeness (QED) is 0.669. The normalized spacial score (nSPS) is 12.8. The standard InChI is InChI=1S/C14H10Br2N2S/c15-12-6-10(14(16)19-12)13(17)9-5-8-3-1-2-4-11(8)18-7-9/h1-7,13H,17H2. The molecular formula is C14H10Br2N2S. The van der Waals surface area contributed by atoms with Crippen molar-refractivity contribution in [2.45, 2.75) is 6.04 Å². The lowest BCUT2D eigenvalue weighted by atomic mass is 10.0. The predicted octanol–water partition coefficient (Wildman–Crippen LogP) is 4.87. The second-order valence-corrected chi connectivity index (χ2v) is 7.97. The van der Waals surface area contributed by atoms with E-state index in [1.165, 1.54) is 0 Å². The Morgan fingerprint density at radius 3 is 2.68 bits per heavy atom. The molecule has 0 fully saturated rings. The van der Waals surface area contributed by atoms with Gasteiger partial charge >= 0.3 is 0 Å². The van der Waals surface area contributed by atoms with Gasteiger partial charge in [0.15, 0.2) is 0 Å². The van der Waals surface area contributed by atoms with Crippen LogP contribution in [0.25, 0.3) is 10.9 Å². The molecule has 19 heavy (non-hydrogen) atoms. The number of halogens is 2. The second kappa shape index (κ2) is 5.32. The molecule has 3 rings (SSSR count). The topological polar surface area (TPSA) is 38.9 Å². The number of rotatable bonds is 2. The van der Waals surface area contributed by atoms with Crippen LogP contribution in [0.3, 0.4) is 0 Å². The van der Waals surface area contributed by atoms with Crippen molar-refractivity contribution in [1.82, 2.24) is 4.98 Å². The van der Waals surface area contributed by atoms with Gasteiger partial charge in [-0.2, -0.15) is 0 Å². The molecule has 2 heterocycles. The molecular weight excluding hydrogens is 388 g/mol. The Morgan fingerprint density at radius 2 is 1.95 bits per heavy atom. The Morgan fingerprint density at radius 1 is 1.16 bits per heavy atom. The number of nitrogens with two attached hydrogens (primary N) is 1. The van der Waals surface area contributed by atoms with Crippen LogP contribution in [0, 0.1) is 0 Å². The fourth-order valence-corrected chi connectivity index (χ4v) is 4.93. The molecule has 5 heteroatoms. The molecule has 0 spiro atoms. The Labute approximate surface area is 131 Å². The maximum atomic E-state index is 6.34. The third kappa shape index (κ3) is 2.60. The van der Waals surface area contributed by atoms with E-state index < -0.39 is 0 Å². The molecule has 0 bridgehead atoms. The molecule has 0 saturated heterocycles. The second-order valence-electron chi connectivity index (χ2n) is 4.22. The van der Waals surface area contributed by atoms with Gasteiger partial charge in [0.2, 0.25) is 0 Å². The van der Waals surface area contributed by atoms with Gasteiger partial charge in [0.1, 0.15) is 0 Å². The van der Waals surface area contributed by atoms with Crippen LogP contribution in [-0.4, -0.2) is 4.98 Å². The molecule has 1 unspecified atom stereocenters. The van der Waals surface area contributed by atoms with E-state index in [0.717, 1.165) is 29.6 Å². The van der Waals surface area contributed by atoms with E-state index in [0.29, 0.717) is 0 Å². The lowest BCUT2D eigenvalue weighted by Gasteiger charge is -2.11. The summed E-state index contributed by atoms with van der Waals surface area (Å²) < 4.78 is 2.12. The fourth-order valence-electron chi connectivity index (χ4n) is 2.00. The van der Waals surface area contributed by atoms with Gasteiger partial charge in [-0.25, -0.2) is 0 Å². The van der Waals surface area contributed by atoms with E-state index in [1.54, 1.807) is 11.3 Å². The van der Waals surface area contributed by atoms with Crippen LogP contribution in [0.4, 0.5) is 0 Å². The minimum Gasteiger partial charge on any atom is -0.320 e. The Balaban J connectivity index is 2.06. The van der Waals surface area contributed by atoms with Crippen molar-refractivity contribution >= 4 is 54.1 Å². The third-order valence-electron chi connectivity index (χ3n) is 2.99. The molecule has 1 atom stereocenters. The highest BCUT2D eigenvalue weighted by molar-refractivity contribution is 9.12. The first-order valence-corrected chi connectivity index (χ1v) is 8.10. The fraction of sp³-hybridized carbons (Fsp3) is 0.0714. The van der Waals surface area contributed by atoms with Crippen molar-refractivity contribution in [3.8, 4) is 0 Å². The van der Waals surface area contributed by atoms with Gasteiger partial charge in [-0.1, -0.05) is 18.2 Å². The summed E-state index contributed by atoms with van der Waals surface area (Å²) in [6.07, 6.45) is 1.85. The highest BCUT2D eigenvalue weighted by atomic mass is 79.9. The first-order chi connectivity index (χ1) is 9.15. The highest BCUT2D eigenvalue weighted by Crippen LogP contribution is 2.37. The summed E-state index contributed by atoms with van der Waals surface area (Å²) in [5.74, 6) is 0. The number of para-hydroxylation sites is 1. The lowest BCUT2D eigenvalue weighted by Crippen LogP contribution is -2.11. The first kappa shape index (κ1) is 13.2. The monoisotopic (exact) mass is 396 g/mol. The Bertz CT molecular complexity index is 739. The molecule has 0 radical (unpaired) electrons. The van der Waals surface area contributed by atoms with E-state index in [-0.39, 0.29) is 6.04 Å². The zero-order valence-corrected chi connectivity index (χ0v) is 13.8. The summed E-state index contributed by atoms with van der Waals surface area (Å²) >= 11 is 8.66. The minimum atomic E-state index is -0.172. The molecule has 1 aromatic carbocycles. The number of fused-ring (bicyclic) bond motifs is 1. The average molecular weight is 398 g/mol. The average Bonchev–Trinajstić information content (AvgIpc) is 2.76. The number of nitrogens with zero attached hydrogens (tertiary/aromatic N) is 1. The maximum absolute atomic E-state index is 6.34. The van der Waals surface area contributed by atoms with E-state index >= 15 is 0 Å². The zero-order valence-electron chi connectivity index (χ0n) is 9.81. The summed E-state index contributed by atoms with van der Waals surface area (Å²) in [7, 11) is 0. The van der Waals surface area contributed by atoms with Crippen LogP contribution >= 0.6 is 43.2 Å². The van der Waals surface area contributed by atoms with Crippen LogP contribution in [0.1, 0.15) is 17.2 Å². The molecule has 0 aliphatic carbocycles. The predicted molar refractivity (Wildman–Crippen MR) is 87.5 cm³/mol. The van der Waals surface area contributed by atoms with Gasteiger partial charge < -0.3 is 5.73 Å². The molecule has 2 N–H and O–H groups in total. The zero-order chi connectivity index (χ0) is 13.4. The number of thiophene rings is 1. The first-order valence-electron chi connectivity index (χ1n) is 5.70. The summed E-state index contributed by atoms with van der Waals surface area (Å²) in [4.78, 5) is 4.46. The molecule has 0 amide bonds. The summed E-state index contributed by atoms with van der Waals surface area (Å²) in [5, 5.41) is 1.11. The van der Waals surface area contributed by atoms with Gasteiger partial charge in [-0.15, -0.1) is 11.3 Å². The molecule has 2 nitrogen and oxygen atoms in total. The largest absolute Gasteiger partial charge is 0.320 e. The molecule has 0 aliphatic rings. The van der Waals surface area contributed by atoms with Crippen molar-refractivity contribution < 1.29 is 0 Å². The van der Waals surface area contributed by atoms with Crippen molar-refractivity contribution in [3.63, 3.8) is 0 Å². The number of aromatic nitrogens is 1. The molecule has 96 valence electrons. The van der Waals surface area contributed by atoms with Gasteiger partial charge in [-0.3, -0.25) is 4.98 Å². The van der Waals surface area contributed by atoms with Crippen molar-refractivity contribution in [1.29, 1.82) is 0 Å². The number of hydrogen-bond acceptors (Lipinski definition) is 3. The van der Waals surface area contributed by atoms with E-state index in [1.807, 2.05) is 24.4 Å². The van der Waals surface area contributed by atoms with Crippen LogP contribution < -0.4 is 5.73 Å². The van der Waals surface area contributed by atoms with Crippen molar-refractivity contribution in [3.05, 3.63) is 61.3 Å². The van der Waals surface area contributed by atoms with Crippen LogP contribution in [0.15, 0.2) is 50.2 Å². The van der Waals surface area contributed by atoms with Gasteiger partial charge in [-0.05, 0) is 61.2 Å². The lowest BCUT2D eigenvalue weighted by molar-refractivity contribution is 0.867. The molecule has 0 aliphatic heterocycles. The maximum Gasteiger partial charge on any atom is 0.0761 e. The summed E-state index contributed by atoms with van der Waals surface area (Å²) in [5.41, 5.74) is 9.42. The molecule has 0 saturated carbocycles. The van der Waals surface area contributed by atoms with Crippen LogP contribution in [0.2, 0.25) is 0 Å². The smallest absolute Gasteiger partial charge is 0.0761 e. The minimum absolute atomic E-state index is 0.172. The Kier molecular flexibility index (Phi) is 3.71. The van der Waals surface area contributed by atoms with Crippen LogP contribution in [-0.2, 0) is 0 Å². The van der Waals surface area contributed by atoms with Crippen molar-refractivity contribution in [2.24, 2.45) is 5.73 Å². The highest BCUT2D eigenvalue weighted by Gasteiger charge is 2.15. The number of pyridine rings is 1. The van der Waals surface area contributed by atoms with E-state index in [9.17, 15) is 0 Å². The van der Waals surface area contributed by atoms with Gasteiger partial charge in [0.05, 0.1) is 19.1 Å².